The molecule has 1 saturated heterocycles. The van der Waals surface area contributed by atoms with E-state index in [-0.39, 0.29) is 21.0 Å². The molecule has 1 fully saturated rings. The van der Waals surface area contributed by atoms with Gasteiger partial charge in [0, 0.05) is 0 Å². The number of aliphatic carboxylic acids is 1. The Hall–Kier alpha value is -2.62. The average molecular weight is 468 g/mol. The second kappa shape index (κ2) is 9.03. The number of carbonyl (C=O) groups is 2. The molecule has 10 heteroatoms. The molecule has 0 spiro atoms. The van der Waals surface area contributed by atoms with Gasteiger partial charge in [0.25, 0.3) is 5.91 Å². The Morgan fingerprint density at radius 3 is 2.67 bits per heavy atom. The number of methoxy groups -OCH3 is 1. The number of halogens is 2. The summed E-state index contributed by atoms with van der Waals surface area (Å²) in [6, 6.07) is 8.77. The van der Waals surface area contributed by atoms with Crippen LogP contribution < -0.4 is 14.4 Å². The zero-order valence-electron chi connectivity index (χ0n) is 15.7. The number of thiocarbonyl (C=S) groups is 1. The molecule has 156 valence electrons. The molecule has 6 nitrogen and oxygen atoms in total. The molecule has 1 unspecified atom stereocenters. The lowest BCUT2D eigenvalue weighted by molar-refractivity contribution is -0.144. The number of rotatable bonds is 6. The first kappa shape index (κ1) is 22.1. The quantitative estimate of drug-likeness (QED) is 0.485. The van der Waals surface area contributed by atoms with Gasteiger partial charge in [-0.1, -0.05) is 41.6 Å². The lowest BCUT2D eigenvalue weighted by atomic mass is 10.1. The van der Waals surface area contributed by atoms with E-state index in [1.165, 1.54) is 37.1 Å². The minimum absolute atomic E-state index is 0.110. The fourth-order valence-electron chi connectivity index (χ4n) is 2.58. The van der Waals surface area contributed by atoms with Crippen LogP contribution in [0.15, 0.2) is 41.3 Å². The van der Waals surface area contributed by atoms with Crippen molar-refractivity contribution in [1.29, 1.82) is 0 Å². The molecule has 1 aliphatic heterocycles. The van der Waals surface area contributed by atoms with E-state index in [4.69, 9.17) is 38.4 Å². The Morgan fingerprint density at radius 2 is 2.03 bits per heavy atom. The van der Waals surface area contributed by atoms with Gasteiger partial charge in [-0.3, -0.25) is 9.69 Å². The van der Waals surface area contributed by atoms with E-state index in [9.17, 15) is 14.0 Å². The van der Waals surface area contributed by atoms with E-state index >= 15 is 0 Å². The summed E-state index contributed by atoms with van der Waals surface area (Å²) in [5.74, 6) is -1.49. The molecular formula is C20H15ClFNO5S2. The van der Waals surface area contributed by atoms with E-state index in [0.29, 0.717) is 21.9 Å². The molecule has 0 saturated carbocycles. The minimum Gasteiger partial charge on any atom is -0.493 e. The Kier molecular flexibility index (Phi) is 6.64. The number of carbonyl (C=O) groups excluding carboxylic acids is 1. The van der Waals surface area contributed by atoms with Crippen LogP contribution in [0.4, 0.5) is 10.1 Å². The first-order valence-corrected chi connectivity index (χ1v) is 10.1. The van der Waals surface area contributed by atoms with Gasteiger partial charge in [0.15, 0.2) is 21.9 Å². The number of anilines is 1. The maximum Gasteiger partial charge on any atom is 0.344 e. The highest BCUT2D eigenvalue weighted by molar-refractivity contribution is 8.27. The summed E-state index contributed by atoms with van der Waals surface area (Å²) in [7, 11) is 1.43. The number of hydrogen-bond donors (Lipinski definition) is 1. The van der Waals surface area contributed by atoms with Crippen molar-refractivity contribution in [3.63, 3.8) is 0 Å². The standard InChI is InChI=1S/C20H15ClFNO5S2/c1-10(19(25)26)28-15-6-3-11(7-16(15)27-2)8-17-18(24)23(20(29)30-17)12-4-5-14(22)13(21)9-12/h3-10H,1-2H3,(H,25,26)/b17-8+. The zero-order valence-corrected chi connectivity index (χ0v) is 18.1. The predicted octanol–water partition coefficient (Wildman–Crippen LogP) is 4.75. The fourth-order valence-corrected chi connectivity index (χ4v) is 4.05. The maximum absolute atomic E-state index is 13.4. The Labute approximate surface area is 186 Å². The van der Waals surface area contributed by atoms with Crippen LogP contribution in [0, 0.1) is 5.82 Å². The number of carboxylic acids is 1. The summed E-state index contributed by atoms with van der Waals surface area (Å²) >= 11 is 12.2. The number of nitrogens with zero attached hydrogens (tertiary/aromatic N) is 1. The van der Waals surface area contributed by atoms with Gasteiger partial charge in [-0.05, 0) is 48.9 Å². The van der Waals surface area contributed by atoms with Crippen LogP contribution in [0.3, 0.4) is 0 Å². The van der Waals surface area contributed by atoms with Crippen molar-refractivity contribution in [2.24, 2.45) is 0 Å². The van der Waals surface area contributed by atoms with Gasteiger partial charge in [0.1, 0.15) is 5.82 Å². The van der Waals surface area contributed by atoms with Crippen molar-refractivity contribution in [2.45, 2.75) is 13.0 Å². The SMILES string of the molecule is COc1cc(/C=C2/SC(=S)N(c3ccc(F)c(Cl)c3)C2=O)ccc1OC(C)C(=O)O. The highest BCUT2D eigenvalue weighted by Crippen LogP contribution is 2.38. The summed E-state index contributed by atoms with van der Waals surface area (Å²) in [4.78, 5) is 25.5. The van der Waals surface area contributed by atoms with Gasteiger partial charge >= 0.3 is 5.97 Å². The van der Waals surface area contributed by atoms with Gasteiger partial charge in [0.05, 0.1) is 22.7 Å². The molecule has 1 aliphatic rings. The third-order valence-corrected chi connectivity index (χ3v) is 5.68. The van der Waals surface area contributed by atoms with Crippen LogP contribution in [0.2, 0.25) is 5.02 Å². The molecule has 0 aliphatic carbocycles. The molecule has 2 aromatic rings. The Balaban J connectivity index is 1.88. The monoisotopic (exact) mass is 467 g/mol. The summed E-state index contributed by atoms with van der Waals surface area (Å²) < 4.78 is 24.4. The number of ether oxygens (including phenoxy) is 2. The highest BCUT2D eigenvalue weighted by Gasteiger charge is 2.33. The molecular weight excluding hydrogens is 453 g/mol. The maximum atomic E-state index is 13.4. The Bertz CT molecular complexity index is 1080. The van der Waals surface area contributed by atoms with Gasteiger partial charge in [-0.2, -0.15) is 0 Å². The molecule has 0 aromatic heterocycles. The van der Waals surface area contributed by atoms with E-state index in [1.807, 2.05) is 0 Å². The van der Waals surface area contributed by atoms with Gasteiger partial charge in [-0.15, -0.1) is 0 Å². The zero-order chi connectivity index (χ0) is 22.0. The van der Waals surface area contributed by atoms with E-state index < -0.39 is 17.9 Å². The number of benzene rings is 2. The first-order chi connectivity index (χ1) is 14.2. The van der Waals surface area contributed by atoms with E-state index in [1.54, 1.807) is 24.3 Å². The number of thioether (sulfide) groups is 1. The van der Waals surface area contributed by atoms with Crippen molar-refractivity contribution in [1.82, 2.24) is 0 Å². The lowest BCUT2D eigenvalue weighted by Gasteiger charge is -2.15. The van der Waals surface area contributed by atoms with Crippen molar-refractivity contribution in [3.05, 3.63) is 57.7 Å². The van der Waals surface area contributed by atoms with Crippen LogP contribution >= 0.6 is 35.6 Å². The number of carboxylic acid groups (broad SMARTS) is 1. The normalized spacial score (nSPS) is 16.1. The van der Waals surface area contributed by atoms with Crippen molar-refractivity contribution >= 4 is 63.5 Å². The summed E-state index contributed by atoms with van der Waals surface area (Å²) in [5.41, 5.74) is 0.996. The molecule has 0 bridgehead atoms. The molecule has 2 aromatic carbocycles. The van der Waals surface area contributed by atoms with E-state index in [2.05, 4.69) is 0 Å². The van der Waals surface area contributed by atoms with Crippen molar-refractivity contribution < 1.29 is 28.6 Å². The molecule has 30 heavy (non-hydrogen) atoms. The molecule has 3 rings (SSSR count). The largest absolute Gasteiger partial charge is 0.493 e. The van der Waals surface area contributed by atoms with Gasteiger partial charge in [-0.25, -0.2) is 9.18 Å². The first-order valence-electron chi connectivity index (χ1n) is 8.51. The van der Waals surface area contributed by atoms with Crippen molar-refractivity contribution in [3.8, 4) is 11.5 Å². The molecule has 1 amide bonds. The second-order valence-electron chi connectivity index (χ2n) is 6.12. The van der Waals surface area contributed by atoms with Crippen LogP contribution in [0.25, 0.3) is 6.08 Å². The molecule has 0 radical (unpaired) electrons. The lowest BCUT2D eigenvalue weighted by Crippen LogP contribution is -2.27. The van der Waals surface area contributed by atoms with Crippen LogP contribution in [-0.2, 0) is 9.59 Å². The number of amides is 1. The molecule has 1 N–H and O–H groups in total. The predicted molar refractivity (Wildman–Crippen MR) is 118 cm³/mol. The summed E-state index contributed by atoms with van der Waals surface area (Å²) in [6.45, 7) is 1.41. The highest BCUT2D eigenvalue weighted by atomic mass is 35.5. The second-order valence-corrected chi connectivity index (χ2v) is 8.21. The smallest absolute Gasteiger partial charge is 0.344 e. The molecule has 1 heterocycles. The third-order valence-electron chi connectivity index (χ3n) is 4.09. The Morgan fingerprint density at radius 1 is 1.30 bits per heavy atom. The number of hydrogen-bond acceptors (Lipinski definition) is 6. The fraction of sp³-hybridized carbons (Fsp3) is 0.150. The van der Waals surface area contributed by atoms with Crippen LogP contribution in [0.5, 0.6) is 11.5 Å². The van der Waals surface area contributed by atoms with Crippen LogP contribution in [0.1, 0.15) is 12.5 Å². The van der Waals surface area contributed by atoms with Gasteiger partial charge < -0.3 is 14.6 Å². The molecule has 1 atom stereocenters. The summed E-state index contributed by atoms with van der Waals surface area (Å²) in [5, 5.41) is 8.89. The third kappa shape index (κ3) is 4.58. The van der Waals surface area contributed by atoms with Gasteiger partial charge in [0.2, 0.25) is 0 Å². The van der Waals surface area contributed by atoms with Crippen LogP contribution in [-0.4, -0.2) is 34.5 Å². The topological polar surface area (TPSA) is 76.1 Å². The summed E-state index contributed by atoms with van der Waals surface area (Å²) in [6.07, 6.45) is 0.570. The van der Waals surface area contributed by atoms with E-state index in [0.717, 1.165) is 11.8 Å². The average Bonchev–Trinajstić information content (AvgIpc) is 2.98. The van der Waals surface area contributed by atoms with Crippen molar-refractivity contribution in [2.75, 3.05) is 12.0 Å². The minimum atomic E-state index is -1.11.